The van der Waals surface area contributed by atoms with E-state index in [1.807, 2.05) is 13.8 Å². The van der Waals surface area contributed by atoms with Crippen molar-refractivity contribution in [1.29, 1.82) is 0 Å². The molecule has 144 valence electrons. The second kappa shape index (κ2) is 4.61. The average Bonchev–Trinajstić information content (AvgIpc) is 2.76. The molecule has 2 heterocycles. The zero-order valence-electron chi connectivity index (χ0n) is 15.3. The van der Waals surface area contributed by atoms with Crippen LogP contribution in [0.15, 0.2) is 12.2 Å². The third kappa shape index (κ3) is 1.47. The quantitative estimate of drug-likeness (QED) is 0.463. The molecule has 9 atom stereocenters. The van der Waals surface area contributed by atoms with Crippen molar-refractivity contribution in [2.75, 3.05) is 6.61 Å². The molecule has 2 aliphatic heterocycles. The Hall–Kier alpha value is -0.790. The first kappa shape index (κ1) is 17.3. The Morgan fingerprint density at radius 1 is 1.19 bits per heavy atom. The highest BCUT2D eigenvalue weighted by Crippen LogP contribution is 2.76. The summed E-state index contributed by atoms with van der Waals surface area (Å²) in [6.45, 7) is 8.01. The summed E-state index contributed by atoms with van der Waals surface area (Å²) in [5.74, 6) is -3.66. The molecule has 26 heavy (non-hydrogen) atoms. The largest absolute Gasteiger partial charge is 0.393 e. The van der Waals surface area contributed by atoms with Gasteiger partial charge in [0.1, 0.15) is 6.10 Å². The van der Waals surface area contributed by atoms with Crippen LogP contribution in [0, 0.1) is 34.0 Å². The third-order valence-electron chi connectivity index (χ3n) is 8.78. The molecule has 4 bridgehead atoms. The second-order valence-corrected chi connectivity index (χ2v) is 10.1. The standard InChI is InChI=1S/C20H28O6/c1-9-10-6-11(21)13-18-8-26-20(25,19(13,7-10)15(9)23)16(24)14(18)17(2,3)5-4-12(18)22/h10-14,16,21-22,24-25H,1,4-8H2,2-3H3/t10-,11-,12+,13+,14-,16+,18+,19-,20-/m1/s1. The van der Waals surface area contributed by atoms with Gasteiger partial charge in [-0.3, -0.25) is 4.79 Å². The van der Waals surface area contributed by atoms with Crippen molar-refractivity contribution < 1.29 is 30.0 Å². The zero-order valence-corrected chi connectivity index (χ0v) is 15.3. The zero-order chi connectivity index (χ0) is 18.9. The Balaban J connectivity index is 1.81. The van der Waals surface area contributed by atoms with Gasteiger partial charge in [0.05, 0.1) is 24.2 Å². The first-order chi connectivity index (χ1) is 12.0. The molecule has 4 saturated carbocycles. The van der Waals surface area contributed by atoms with Gasteiger partial charge in [-0.05, 0) is 42.6 Å². The predicted octanol–water partition coefficient (Wildman–Crippen LogP) is 0.376. The number of carbonyl (C=O) groups is 1. The van der Waals surface area contributed by atoms with E-state index in [4.69, 9.17) is 4.74 Å². The van der Waals surface area contributed by atoms with E-state index in [-0.39, 0.29) is 23.7 Å². The molecular formula is C20H28O6. The maximum absolute atomic E-state index is 13.3. The van der Waals surface area contributed by atoms with Crippen molar-refractivity contribution in [2.45, 2.75) is 63.6 Å². The summed E-state index contributed by atoms with van der Waals surface area (Å²) in [6, 6.07) is 0. The highest BCUT2D eigenvalue weighted by molar-refractivity contribution is 6.04. The lowest BCUT2D eigenvalue weighted by Crippen LogP contribution is -2.85. The summed E-state index contributed by atoms with van der Waals surface area (Å²) in [6.07, 6.45) is -0.978. The molecule has 0 aromatic carbocycles. The van der Waals surface area contributed by atoms with E-state index < -0.39 is 46.8 Å². The van der Waals surface area contributed by atoms with Crippen LogP contribution in [0.4, 0.5) is 0 Å². The molecule has 0 amide bonds. The highest BCUT2D eigenvalue weighted by atomic mass is 16.6. The minimum absolute atomic E-state index is 0.0454. The number of rotatable bonds is 0. The Morgan fingerprint density at radius 2 is 1.88 bits per heavy atom. The van der Waals surface area contributed by atoms with E-state index in [2.05, 4.69) is 6.58 Å². The first-order valence-corrected chi connectivity index (χ1v) is 9.68. The van der Waals surface area contributed by atoms with Crippen molar-refractivity contribution in [3.63, 3.8) is 0 Å². The fraction of sp³-hybridized carbons (Fsp3) is 0.850. The van der Waals surface area contributed by atoms with Gasteiger partial charge in [-0.2, -0.15) is 0 Å². The van der Waals surface area contributed by atoms with Crippen molar-refractivity contribution in [2.24, 2.45) is 34.0 Å². The SMILES string of the molecule is C=C1C(=O)[C@@]23C[C@H]1C[C@@H](O)[C@H]2[C@@]12CO[C@]3(O)[C@@H](O)[C@@H]1C(C)(C)CC[C@@H]2O. The number of carbonyl (C=O) groups excluding carboxylic acids is 1. The van der Waals surface area contributed by atoms with E-state index >= 15 is 0 Å². The van der Waals surface area contributed by atoms with Crippen molar-refractivity contribution in [3.05, 3.63) is 12.2 Å². The van der Waals surface area contributed by atoms with Gasteiger partial charge < -0.3 is 25.2 Å². The summed E-state index contributed by atoms with van der Waals surface area (Å²) in [4.78, 5) is 13.3. The highest BCUT2D eigenvalue weighted by Gasteiger charge is 2.85. The summed E-state index contributed by atoms with van der Waals surface area (Å²) in [5.41, 5.74) is -2.32. The number of fused-ring (bicyclic) bond motifs is 2. The topological polar surface area (TPSA) is 107 Å². The molecule has 6 aliphatic rings. The van der Waals surface area contributed by atoms with Crippen molar-refractivity contribution >= 4 is 5.78 Å². The van der Waals surface area contributed by atoms with Crippen molar-refractivity contribution in [1.82, 2.24) is 0 Å². The predicted molar refractivity (Wildman–Crippen MR) is 90.7 cm³/mol. The van der Waals surface area contributed by atoms with E-state index in [1.54, 1.807) is 0 Å². The van der Waals surface area contributed by atoms with E-state index in [0.717, 1.165) is 0 Å². The number of allylic oxidation sites excluding steroid dienone is 1. The molecule has 4 aliphatic carbocycles. The van der Waals surface area contributed by atoms with Gasteiger partial charge in [-0.1, -0.05) is 20.4 Å². The van der Waals surface area contributed by atoms with Gasteiger partial charge in [-0.15, -0.1) is 0 Å². The summed E-state index contributed by atoms with van der Waals surface area (Å²) < 4.78 is 5.83. The fourth-order valence-electron chi connectivity index (χ4n) is 7.88. The summed E-state index contributed by atoms with van der Waals surface area (Å²) in [7, 11) is 0. The van der Waals surface area contributed by atoms with Crippen molar-refractivity contribution in [3.8, 4) is 0 Å². The molecule has 2 saturated heterocycles. The molecule has 0 unspecified atom stereocenters. The maximum Gasteiger partial charge on any atom is 0.205 e. The van der Waals surface area contributed by atoms with Gasteiger partial charge in [0.15, 0.2) is 5.78 Å². The molecule has 4 N–H and O–H groups in total. The molecular weight excluding hydrogens is 336 g/mol. The number of hydrogen-bond acceptors (Lipinski definition) is 6. The van der Waals surface area contributed by atoms with Crippen LogP contribution in [0.3, 0.4) is 0 Å². The molecule has 6 fully saturated rings. The summed E-state index contributed by atoms with van der Waals surface area (Å²) in [5, 5.41) is 45.1. The Kier molecular flexibility index (Phi) is 3.07. The molecule has 0 aromatic heterocycles. The van der Waals surface area contributed by atoms with Crippen LogP contribution in [0.1, 0.15) is 39.5 Å². The van der Waals surface area contributed by atoms with Crippen LogP contribution >= 0.6 is 0 Å². The van der Waals surface area contributed by atoms with Crippen LogP contribution in [-0.2, 0) is 9.53 Å². The first-order valence-electron chi connectivity index (χ1n) is 9.68. The molecule has 0 aromatic rings. The Morgan fingerprint density at radius 3 is 2.58 bits per heavy atom. The Bertz CT molecular complexity index is 717. The normalized spacial score (nSPS) is 59.9. The molecule has 6 rings (SSSR count). The summed E-state index contributed by atoms with van der Waals surface area (Å²) >= 11 is 0. The number of Topliss-reactive ketones (excluding diaryl/α,β-unsaturated/α-hetero) is 1. The lowest BCUT2D eigenvalue weighted by atomic mass is 9.35. The minimum atomic E-state index is -2.05. The number of ether oxygens (including phenoxy) is 1. The van der Waals surface area contributed by atoms with E-state index in [0.29, 0.717) is 31.3 Å². The van der Waals surface area contributed by atoms with Gasteiger partial charge in [0, 0.05) is 17.3 Å². The van der Waals surface area contributed by atoms with Crippen LogP contribution in [0.2, 0.25) is 0 Å². The van der Waals surface area contributed by atoms with Gasteiger partial charge in [0.25, 0.3) is 0 Å². The van der Waals surface area contributed by atoms with Crippen LogP contribution in [0.25, 0.3) is 0 Å². The molecule has 2 spiro atoms. The average molecular weight is 364 g/mol. The van der Waals surface area contributed by atoms with E-state index in [9.17, 15) is 25.2 Å². The number of aliphatic hydroxyl groups is 4. The molecule has 6 heteroatoms. The Labute approximate surface area is 152 Å². The third-order valence-corrected chi connectivity index (χ3v) is 8.78. The number of hydrogen-bond donors (Lipinski definition) is 4. The maximum atomic E-state index is 13.3. The van der Waals surface area contributed by atoms with E-state index in [1.165, 1.54) is 0 Å². The number of ketones is 1. The van der Waals surface area contributed by atoms with Crippen LogP contribution < -0.4 is 0 Å². The second-order valence-electron chi connectivity index (χ2n) is 10.1. The lowest BCUT2D eigenvalue weighted by Gasteiger charge is -2.74. The fourth-order valence-corrected chi connectivity index (χ4v) is 7.88. The molecule has 0 radical (unpaired) electrons. The molecule has 6 nitrogen and oxygen atoms in total. The van der Waals surface area contributed by atoms with Gasteiger partial charge in [-0.25, -0.2) is 0 Å². The minimum Gasteiger partial charge on any atom is -0.393 e. The van der Waals surface area contributed by atoms with Gasteiger partial charge >= 0.3 is 0 Å². The monoisotopic (exact) mass is 364 g/mol. The van der Waals surface area contributed by atoms with Gasteiger partial charge in [0.2, 0.25) is 5.79 Å². The lowest BCUT2D eigenvalue weighted by molar-refractivity contribution is -0.455. The number of aliphatic hydroxyl groups excluding tert-OH is 3. The van der Waals surface area contributed by atoms with Crippen LogP contribution in [0.5, 0.6) is 0 Å². The van der Waals surface area contributed by atoms with Crippen LogP contribution in [-0.4, -0.2) is 56.9 Å². The smallest absolute Gasteiger partial charge is 0.205 e.